The predicted octanol–water partition coefficient (Wildman–Crippen LogP) is 3.70. The van der Waals surface area contributed by atoms with E-state index in [1.807, 2.05) is 13.0 Å². The van der Waals surface area contributed by atoms with Gasteiger partial charge < -0.3 is 15.4 Å². The number of methoxy groups -OCH3 is 1. The molecular weight excluding hydrogens is 416 g/mol. The maximum atomic E-state index is 11.7. The molecule has 0 aliphatic carbocycles. The Kier molecular flexibility index (Phi) is 6.04. The first-order chi connectivity index (χ1) is 13.7. The normalized spacial score (nSPS) is 11.0. The molecule has 0 saturated carbocycles. The number of anilines is 5. The van der Waals surface area contributed by atoms with Gasteiger partial charge >= 0.3 is 0 Å². The van der Waals surface area contributed by atoms with Crippen LogP contribution in [0.25, 0.3) is 0 Å². The van der Waals surface area contributed by atoms with Crippen LogP contribution in [0.2, 0.25) is 5.02 Å². The van der Waals surface area contributed by atoms with E-state index in [0.717, 1.165) is 17.6 Å². The molecule has 0 radical (unpaired) electrons. The van der Waals surface area contributed by atoms with Gasteiger partial charge in [-0.25, -0.2) is 13.4 Å². The van der Waals surface area contributed by atoms with Crippen molar-refractivity contribution in [2.45, 2.75) is 6.92 Å². The molecule has 0 bridgehead atoms. The molecule has 0 aliphatic heterocycles. The number of hydrogen-bond acceptors (Lipinski definition) is 8. The van der Waals surface area contributed by atoms with Crippen LogP contribution in [0.4, 0.5) is 28.8 Å². The second kappa shape index (κ2) is 8.50. The van der Waals surface area contributed by atoms with E-state index in [-0.39, 0.29) is 5.02 Å². The molecule has 3 N–H and O–H groups in total. The third-order valence-electron chi connectivity index (χ3n) is 3.77. The molecular formula is C18H19ClN6O3S. The van der Waals surface area contributed by atoms with Crippen LogP contribution in [0, 0.1) is 6.92 Å². The van der Waals surface area contributed by atoms with Crippen LogP contribution in [0.3, 0.4) is 0 Å². The van der Waals surface area contributed by atoms with Crippen LogP contribution in [0.15, 0.2) is 42.7 Å². The van der Waals surface area contributed by atoms with Gasteiger partial charge in [0.1, 0.15) is 10.8 Å². The number of benzene rings is 1. The van der Waals surface area contributed by atoms with Crippen LogP contribution in [0.5, 0.6) is 5.75 Å². The zero-order valence-electron chi connectivity index (χ0n) is 15.9. The summed E-state index contributed by atoms with van der Waals surface area (Å²) in [5.41, 5.74) is 2.28. The summed E-state index contributed by atoms with van der Waals surface area (Å²) in [5.74, 6) is 1.09. The van der Waals surface area contributed by atoms with Crippen LogP contribution in [-0.4, -0.2) is 36.7 Å². The number of aromatic nitrogens is 3. The van der Waals surface area contributed by atoms with Gasteiger partial charge in [-0.05, 0) is 31.2 Å². The zero-order valence-corrected chi connectivity index (χ0v) is 17.5. The smallest absolute Gasteiger partial charge is 0.229 e. The Morgan fingerprint density at radius 3 is 2.55 bits per heavy atom. The molecule has 29 heavy (non-hydrogen) atoms. The van der Waals surface area contributed by atoms with Crippen LogP contribution < -0.4 is 20.1 Å². The maximum Gasteiger partial charge on any atom is 0.229 e. The Morgan fingerprint density at radius 1 is 1.07 bits per heavy atom. The standard InChI is InChI=1S/C18H19ClN6O3S/c1-11-14(5-4-8-20-11)23-18-21-10-13(19)17(24-18)22-15-7-6-12(28-2)9-16(15)25-29(3,26)27/h4-10,25H,1-3H3,(H2,21,22,23,24). The highest BCUT2D eigenvalue weighted by Gasteiger charge is 2.13. The van der Waals surface area contributed by atoms with Gasteiger partial charge in [-0.3, -0.25) is 9.71 Å². The Labute approximate surface area is 173 Å². The molecule has 152 valence electrons. The Morgan fingerprint density at radius 2 is 1.86 bits per heavy atom. The summed E-state index contributed by atoms with van der Waals surface area (Å²) in [7, 11) is -2.02. The van der Waals surface area contributed by atoms with Crippen molar-refractivity contribution in [3.8, 4) is 5.75 Å². The fraction of sp³-hybridized carbons (Fsp3) is 0.167. The fourth-order valence-electron chi connectivity index (χ4n) is 2.42. The lowest BCUT2D eigenvalue weighted by atomic mass is 10.2. The van der Waals surface area contributed by atoms with Crippen molar-refractivity contribution < 1.29 is 13.2 Å². The lowest BCUT2D eigenvalue weighted by molar-refractivity contribution is 0.415. The van der Waals surface area contributed by atoms with E-state index < -0.39 is 10.0 Å². The number of rotatable bonds is 7. The Balaban J connectivity index is 1.93. The van der Waals surface area contributed by atoms with Crippen molar-refractivity contribution in [2.24, 2.45) is 0 Å². The molecule has 3 aromatic rings. The number of nitrogens with one attached hydrogen (secondary N) is 3. The van der Waals surface area contributed by atoms with Gasteiger partial charge in [0.15, 0.2) is 5.82 Å². The highest BCUT2D eigenvalue weighted by atomic mass is 35.5. The van der Waals surface area contributed by atoms with E-state index >= 15 is 0 Å². The zero-order chi connectivity index (χ0) is 21.0. The van der Waals surface area contributed by atoms with Crippen molar-refractivity contribution >= 4 is 50.5 Å². The quantitative estimate of drug-likeness (QED) is 0.515. The van der Waals surface area contributed by atoms with Crippen molar-refractivity contribution in [3.63, 3.8) is 0 Å². The van der Waals surface area contributed by atoms with E-state index in [4.69, 9.17) is 16.3 Å². The first-order valence-corrected chi connectivity index (χ1v) is 10.7. The third kappa shape index (κ3) is 5.46. The molecule has 0 fully saturated rings. The second-order valence-electron chi connectivity index (χ2n) is 6.06. The Hall–Kier alpha value is -3.11. The average molecular weight is 435 g/mol. The number of ether oxygens (including phenoxy) is 1. The summed E-state index contributed by atoms with van der Waals surface area (Å²) < 4.78 is 31.0. The van der Waals surface area contributed by atoms with Crippen molar-refractivity contribution in [1.82, 2.24) is 15.0 Å². The van der Waals surface area contributed by atoms with Crippen molar-refractivity contribution in [3.05, 3.63) is 53.4 Å². The van der Waals surface area contributed by atoms with Gasteiger partial charge in [0, 0.05) is 12.3 Å². The monoisotopic (exact) mass is 434 g/mol. The lowest BCUT2D eigenvalue weighted by Crippen LogP contribution is -2.11. The number of hydrogen-bond donors (Lipinski definition) is 3. The van der Waals surface area contributed by atoms with E-state index in [2.05, 4.69) is 30.3 Å². The van der Waals surface area contributed by atoms with Crippen LogP contribution in [0.1, 0.15) is 5.69 Å². The number of nitrogens with zero attached hydrogens (tertiary/aromatic N) is 3. The number of aryl methyl sites for hydroxylation is 1. The summed E-state index contributed by atoms with van der Waals surface area (Å²) in [5, 5.41) is 6.38. The molecule has 0 saturated heterocycles. The van der Waals surface area contributed by atoms with Gasteiger partial charge in [0.2, 0.25) is 16.0 Å². The largest absolute Gasteiger partial charge is 0.497 e. The summed E-state index contributed by atoms with van der Waals surface area (Å²) in [4.78, 5) is 12.8. The molecule has 1 aromatic carbocycles. The van der Waals surface area contributed by atoms with Crippen molar-refractivity contribution in [1.29, 1.82) is 0 Å². The molecule has 11 heteroatoms. The molecule has 0 atom stereocenters. The number of sulfonamides is 1. The molecule has 0 spiro atoms. The predicted molar refractivity (Wildman–Crippen MR) is 114 cm³/mol. The van der Waals surface area contributed by atoms with Gasteiger partial charge in [-0.1, -0.05) is 11.6 Å². The van der Waals surface area contributed by atoms with Gasteiger partial charge in [0.25, 0.3) is 0 Å². The number of halogens is 1. The molecule has 3 rings (SSSR count). The first kappa shape index (κ1) is 20.6. The number of pyridine rings is 1. The molecule has 0 aliphatic rings. The van der Waals surface area contributed by atoms with Crippen LogP contribution in [-0.2, 0) is 10.0 Å². The molecule has 9 nitrogen and oxygen atoms in total. The minimum Gasteiger partial charge on any atom is -0.497 e. The summed E-state index contributed by atoms with van der Waals surface area (Å²) >= 11 is 6.23. The van der Waals surface area contributed by atoms with Gasteiger partial charge in [-0.2, -0.15) is 4.98 Å². The molecule has 2 aromatic heterocycles. The minimum absolute atomic E-state index is 0.264. The van der Waals surface area contributed by atoms with Crippen molar-refractivity contribution in [2.75, 3.05) is 28.7 Å². The van der Waals surface area contributed by atoms with Gasteiger partial charge in [0.05, 0.1) is 42.3 Å². The highest BCUT2D eigenvalue weighted by Crippen LogP contribution is 2.32. The summed E-state index contributed by atoms with van der Waals surface area (Å²) in [6.45, 7) is 1.86. The minimum atomic E-state index is -3.51. The molecule has 0 unspecified atom stereocenters. The molecule has 0 amide bonds. The first-order valence-electron chi connectivity index (χ1n) is 8.39. The van der Waals surface area contributed by atoms with Gasteiger partial charge in [-0.15, -0.1) is 0 Å². The van der Waals surface area contributed by atoms with E-state index in [1.165, 1.54) is 13.3 Å². The third-order valence-corrected chi connectivity index (χ3v) is 4.64. The topological polar surface area (TPSA) is 118 Å². The second-order valence-corrected chi connectivity index (χ2v) is 8.22. The lowest BCUT2D eigenvalue weighted by Gasteiger charge is -2.15. The fourth-order valence-corrected chi connectivity index (χ4v) is 3.13. The van der Waals surface area contributed by atoms with E-state index in [0.29, 0.717) is 28.9 Å². The summed E-state index contributed by atoms with van der Waals surface area (Å²) in [6, 6.07) is 8.54. The maximum absolute atomic E-state index is 11.7. The van der Waals surface area contributed by atoms with Crippen LogP contribution >= 0.6 is 11.6 Å². The summed E-state index contributed by atoms with van der Waals surface area (Å²) in [6.07, 6.45) is 4.19. The molecule has 2 heterocycles. The van der Waals surface area contributed by atoms with E-state index in [1.54, 1.807) is 30.5 Å². The van der Waals surface area contributed by atoms with E-state index in [9.17, 15) is 8.42 Å². The highest BCUT2D eigenvalue weighted by molar-refractivity contribution is 7.92. The average Bonchev–Trinajstić information content (AvgIpc) is 2.66. The SMILES string of the molecule is COc1ccc(Nc2nc(Nc3cccnc3C)ncc2Cl)c(NS(C)(=O)=O)c1. The Bertz CT molecular complexity index is 1140.